The number of aryl methyl sites for hydroxylation is 2. The Balaban J connectivity index is 2.21. The lowest BCUT2D eigenvalue weighted by Crippen LogP contribution is -1.95. The van der Waals surface area contributed by atoms with Crippen molar-refractivity contribution in [2.75, 3.05) is 5.73 Å². The van der Waals surface area contributed by atoms with E-state index >= 15 is 0 Å². The third-order valence-electron chi connectivity index (χ3n) is 2.95. The van der Waals surface area contributed by atoms with Gasteiger partial charge in [0.1, 0.15) is 5.82 Å². The SMILES string of the molecule is Cc1cc(C)cc(-c2cnc3ncc(N)n3c2)c1. The van der Waals surface area contributed by atoms with Gasteiger partial charge in [0.25, 0.3) is 0 Å². The molecule has 0 saturated carbocycles. The molecule has 3 rings (SSSR count). The normalized spacial score (nSPS) is 11.0. The zero-order valence-corrected chi connectivity index (χ0v) is 10.4. The molecule has 0 aliphatic heterocycles. The molecule has 0 aliphatic rings. The van der Waals surface area contributed by atoms with Gasteiger partial charge < -0.3 is 5.73 Å². The van der Waals surface area contributed by atoms with Gasteiger partial charge in [-0.25, -0.2) is 9.97 Å². The van der Waals surface area contributed by atoms with Gasteiger partial charge in [-0.15, -0.1) is 0 Å². The molecule has 0 bridgehead atoms. The maximum absolute atomic E-state index is 5.84. The fourth-order valence-electron chi connectivity index (χ4n) is 2.18. The van der Waals surface area contributed by atoms with Gasteiger partial charge in [0, 0.05) is 18.0 Å². The number of hydrogen-bond acceptors (Lipinski definition) is 3. The number of nitrogens with two attached hydrogens (primary N) is 1. The first-order valence-corrected chi connectivity index (χ1v) is 5.81. The lowest BCUT2D eigenvalue weighted by Gasteiger charge is -2.06. The molecule has 0 unspecified atom stereocenters. The van der Waals surface area contributed by atoms with Crippen LogP contribution < -0.4 is 5.73 Å². The number of rotatable bonds is 1. The number of hydrogen-bond donors (Lipinski definition) is 1. The minimum absolute atomic E-state index is 0.601. The fraction of sp³-hybridized carbons (Fsp3) is 0.143. The molecule has 0 fully saturated rings. The summed E-state index contributed by atoms with van der Waals surface area (Å²) in [4.78, 5) is 8.42. The summed E-state index contributed by atoms with van der Waals surface area (Å²) < 4.78 is 1.80. The molecule has 90 valence electrons. The summed E-state index contributed by atoms with van der Waals surface area (Å²) in [6, 6.07) is 6.44. The van der Waals surface area contributed by atoms with Crippen LogP contribution >= 0.6 is 0 Å². The number of fused-ring (bicyclic) bond motifs is 1. The molecule has 1 aromatic carbocycles. The number of nitrogens with zero attached hydrogens (tertiary/aromatic N) is 3. The van der Waals surface area contributed by atoms with Crippen molar-refractivity contribution in [2.24, 2.45) is 0 Å². The Morgan fingerprint density at radius 1 is 0.944 bits per heavy atom. The van der Waals surface area contributed by atoms with Crippen LogP contribution in [0.4, 0.5) is 5.82 Å². The highest BCUT2D eigenvalue weighted by molar-refractivity contribution is 5.65. The van der Waals surface area contributed by atoms with Crippen molar-refractivity contribution < 1.29 is 0 Å². The molecule has 3 aromatic rings. The predicted molar refractivity (Wildman–Crippen MR) is 72.3 cm³/mol. The molecule has 2 heterocycles. The summed E-state index contributed by atoms with van der Waals surface area (Å²) in [6.07, 6.45) is 5.42. The van der Waals surface area contributed by atoms with Crippen LogP contribution in [-0.4, -0.2) is 14.4 Å². The van der Waals surface area contributed by atoms with Crippen molar-refractivity contribution in [1.82, 2.24) is 14.4 Å². The lowest BCUT2D eigenvalue weighted by molar-refractivity contribution is 1.12. The highest BCUT2D eigenvalue weighted by atomic mass is 15.1. The molecule has 4 heteroatoms. The maximum Gasteiger partial charge on any atom is 0.235 e. The molecule has 0 amide bonds. The van der Waals surface area contributed by atoms with Gasteiger partial charge in [0.2, 0.25) is 5.78 Å². The Morgan fingerprint density at radius 3 is 2.33 bits per heavy atom. The number of nitrogen functional groups attached to an aromatic ring is 1. The second kappa shape index (κ2) is 3.84. The van der Waals surface area contributed by atoms with Crippen molar-refractivity contribution in [2.45, 2.75) is 13.8 Å². The maximum atomic E-state index is 5.84. The quantitative estimate of drug-likeness (QED) is 0.709. The third kappa shape index (κ3) is 1.72. The van der Waals surface area contributed by atoms with Crippen LogP contribution in [0.2, 0.25) is 0 Å². The number of imidazole rings is 1. The van der Waals surface area contributed by atoms with Gasteiger partial charge in [0.15, 0.2) is 0 Å². The van der Waals surface area contributed by atoms with Gasteiger partial charge in [-0.1, -0.05) is 29.3 Å². The first kappa shape index (κ1) is 10.8. The predicted octanol–water partition coefficient (Wildman–Crippen LogP) is 2.60. The highest BCUT2D eigenvalue weighted by Gasteiger charge is 2.05. The van der Waals surface area contributed by atoms with Crippen molar-refractivity contribution in [1.29, 1.82) is 0 Å². The number of benzene rings is 1. The second-order valence-electron chi connectivity index (χ2n) is 4.57. The summed E-state index contributed by atoms with van der Waals surface area (Å²) in [6.45, 7) is 4.18. The van der Waals surface area contributed by atoms with Crippen LogP contribution in [0.1, 0.15) is 11.1 Å². The monoisotopic (exact) mass is 238 g/mol. The molecular formula is C14H14N4. The topological polar surface area (TPSA) is 56.2 Å². The molecule has 2 aromatic heterocycles. The minimum Gasteiger partial charge on any atom is -0.383 e. The summed E-state index contributed by atoms with van der Waals surface area (Å²) in [5.74, 6) is 1.23. The standard InChI is InChI=1S/C14H14N4/c1-9-3-10(2)5-11(4-9)12-6-16-14-17-7-13(15)18(14)8-12/h3-8H,15H2,1-2H3. The van der Waals surface area contributed by atoms with E-state index in [0.717, 1.165) is 11.1 Å². The van der Waals surface area contributed by atoms with E-state index in [-0.39, 0.29) is 0 Å². The third-order valence-corrected chi connectivity index (χ3v) is 2.95. The molecule has 4 nitrogen and oxygen atoms in total. The zero-order valence-electron chi connectivity index (χ0n) is 10.4. The van der Waals surface area contributed by atoms with E-state index in [4.69, 9.17) is 5.73 Å². The smallest absolute Gasteiger partial charge is 0.235 e. The van der Waals surface area contributed by atoms with Crippen LogP contribution in [-0.2, 0) is 0 Å². The zero-order chi connectivity index (χ0) is 12.7. The van der Waals surface area contributed by atoms with E-state index in [2.05, 4.69) is 42.0 Å². The molecule has 2 N–H and O–H groups in total. The highest BCUT2D eigenvalue weighted by Crippen LogP contribution is 2.22. The van der Waals surface area contributed by atoms with Crippen molar-refractivity contribution >= 4 is 11.6 Å². The Kier molecular flexibility index (Phi) is 2.30. The van der Waals surface area contributed by atoms with E-state index in [9.17, 15) is 0 Å². The van der Waals surface area contributed by atoms with Crippen molar-refractivity contribution in [3.63, 3.8) is 0 Å². The minimum atomic E-state index is 0.601. The molecule has 0 spiro atoms. The summed E-state index contributed by atoms with van der Waals surface area (Å²) in [5, 5.41) is 0. The Labute approximate surface area is 105 Å². The Hall–Kier alpha value is -2.36. The van der Waals surface area contributed by atoms with Crippen LogP contribution in [0.3, 0.4) is 0 Å². The first-order chi connectivity index (χ1) is 8.63. The summed E-state index contributed by atoms with van der Waals surface area (Å²) in [7, 11) is 0. The van der Waals surface area contributed by atoms with E-state index in [1.54, 1.807) is 10.6 Å². The fourth-order valence-corrected chi connectivity index (χ4v) is 2.18. The van der Waals surface area contributed by atoms with E-state index in [0.29, 0.717) is 11.6 Å². The van der Waals surface area contributed by atoms with Crippen LogP contribution in [0.15, 0.2) is 36.8 Å². The molecular weight excluding hydrogens is 224 g/mol. The van der Waals surface area contributed by atoms with Gasteiger partial charge >= 0.3 is 0 Å². The van der Waals surface area contributed by atoms with Gasteiger partial charge in [-0.3, -0.25) is 4.40 Å². The largest absolute Gasteiger partial charge is 0.383 e. The number of aromatic nitrogens is 3. The molecule has 0 radical (unpaired) electrons. The second-order valence-corrected chi connectivity index (χ2v) is 4.57. The van der Waals surface area contributed by atoms with Gasteiger partial charge in [0.05, 0.1) is 6.20 Å². The Morgan fingerprint density at radius 2 is 1.61 bits per heavy atom. The number of anilines is 1. The van der Waals surface area contributed by atoms with E-state index in [1.807, 2.05) is 12.4 Å². The van der Waals surface area contributed by atoms with Crippen LogP contribution in [0.5, 0.6) is 0 Å². The van der Waals surface area contributed by atoms with E-state index < -0.39 is 0 Å². The van der Waals surface area contributed by atoms with Crippen molar-refractivity contribution in [3.8, 4) is 11.1 Å². The average molecular weight is 238 g/mol. The molecule has 0 atom stereocenters. The first-order valence-electron chi connectivity index (χ1n) is 5.81. The van der Waals surface area contributed by atoms with Crippen LogP contribution in [0.25, 0.3) is 16.9 Å². The van der Waals surface area contributed by atoms with E-state index in [1.165, 1.54) is 11.1 Å². The van der Waals surface area contributed by atoms with Crippen molar-refractivity contribution in [3.05, 3.63) is 47.9 Å². The van der Waals surface area contributed by atoms with Gasteiger partial charge in [-0.05, 0) is 19.4 Å². The Bertz CT molecular complexity index is 707. The van der Waals surface area contributed by atoms with Gasteiger partial charge in [-0.2, -0.15) is 0 Å². The summed E-state index contributed by atoms with van der Waals surface area (Å²) >= 11 is 0. The molecule has 0 aliphatic carbocycles. The summed E-state index contributed by atoms with van der Waals surface area (Å²) in [5.41, 5.74) is 10.5. The molecule has 0 saturated heterocycles. The van der Waals surface area contributed by atoms with Crippen LogP contribution in [0, 0.1) is 13.8 Å². The average Bonchev–Trinajstić information content (AvgIpc) is 2.69. The molecule has 18 heavy (non-hydrogen) atoms. The lowest BCUT2D eigenvalue weighted by atomic mass is 10.0.